The highest BCUT2D eigenvalue weighted by atomic mass is 35.5. The maximum atomic E-state index is 12.3. The van der Waals surface area contributed by atoms with E-state index in [1.165, 1.54) is 13.2 Å². The number of carbonyl (C=O) groups excluding carboxylic acids is 1. The molecule has 2 aromatic rings. The van der Waals surface area contributed by atoms with Crippen LogP contribution in [0.4, 0.5) is 0 Å². The molecule has 7 heteroatoms. The molecule has 26 heavy (non-hydrogen) atoms. The molecule has 3 rings (SSSR count). The van der Waals surface area contributed by atoms with Crippen molar-refractivity contribution in [2.45, 2.75) is 25.0 Å². The summed E-state index contributed by atoms with van der Waals surface area (Å²) in [6.45, 7) is 0.321. The number of benzene rings is 2. The van der Waals surface area contributed by atoms with E-state index in [1.807, 2.05) is 12.1 Å². The summed E-state index contributed by atoms with van der Waals surface area (Å²) in [4.78, 5) is 23.5. The number of hydrogen-bond acceptors (Lipinski definition) is 4. The van der Waals surface area contributed by atoms with E-state index in [2.05, 4.69) is 5.32 Å². The maximum Gasteiger partial charge on any atom is 0.329 e. The molecule has 0 unspecified atom stereocenters. The lowest BCUT2D eigenvalue weighted by atomic mass is 10.1. The van der Waals surface area contributed by atoms with E-state index in [1.54, 1.807) is 24.3 Å². The Labute approximate surface area is 155 Å². The molecular weight excluding hydrogens is 358 g/mol. The fourth-order valence-corrected chi connectivity index (χ4v) is 2.60. The number of hydrogen-bond donors (Lipinski definition) is 2. The zero-order chi connectivity index (χ0) is 18.7. The van der Waals surface area contributed by atoms with Crippen molar-refractivity contribution >= 4 is 23.5 Å². The van der Waals surface area contributed by atoms with Gasteiger partial charge in [-0.2, -0.15) is 0 Å². The maximum absolute atomic E-state index is 12.3. The van der Waals surface area contributed by atoms with Crippen LogP contribution in [0.1, 0.15) is 28.8 Å². The normalized spacial score (nSPS) is 14.4. The summed E-state index contributed by atoms with van der Waals surface area (Å²) >= 11 is 5.86. The number of carboxylic acids is 1. The molecule has 2 aromatic carbocycles. The standard InChI is InChI=1S/C19H18ClNO5/c1-25-16-10-13(17(22)21-19(8-9-19)18(23)24)4-7-15(16)26-11-12-2-5-14(20)6-3-12/h2-7,10H,8-9,11H2,1H3,(H,21,22)(H,23,24). The van der Waals surface area contributed by atoms with Crippen molar-refractivity contribution in [2.75, 3.05) is 7.11 Å². The van der Waals surface area contributed by atoms with E-state index in [-0.39, 0.29) is 0 Å². The Hall–Kier alpha value is -2.73. The van der Waals surface area contributed by atoms with Crippen LogP contribution in [0.5, 0.6) is 11.5 Å². The topological polar surface area (TPSA) is 84.9 Å². The predicted octanol–water partition coefficient (Wildman–Crippen LogP) is 3.27. The van der Waals surface area contributed by atoms with Crippen molar-refractivity contribution < 1.29 is 24.2 Å². The highest BCUT2D eigenvalue weighted by molar-refractivity contribution is 6.30. The van der Waals surface area contributed by atoms with Crippen molar-refractivity contribution in [3.05, 3.63) is 58.6 Å². The van der Waals surface area contributed by atoms with Crippen LogP contribution in [0.3, 0.4) is 0 Å². The van der Waals surface area contributed by atoms with Gasteiger partial charge in [0.15, 0.2) is 11.5 Å². The number of carbonyl (C=O) groups is 2. The lowest BCUT2D eigenvalue weighted by Crippen LogP contribution is -2.43. The van der Waals surface area contributed by atoms with Gasteiger partial charge >= 0.3 is 5.97 Å². The molecule has 0 aromatic heterocycles. The minimum atomic E-state index is -1.13. The van der Waals surface area contributed by atoms with Crippen molar-refractivity contribution in [3.63, 3.8) is 0 Å². The SMILES string of the molecule is COc1cc(C(=O)NC2(C(=O)O)CC2)ccc1OCc1ccc(Cl)cc1. The van der Waals surface area contributed by atoms with Gasteiger partial charge in [-0.05, 0) is 48.7 Å². The van der Waals surface area contributed by atoms with Crippen LogP contribution in [0.2, 0.25) is 5.02 Å². The number of rotatable bonds is 7. The van der Waals surface area contributed by atoms with Gasteiger partial charge in [-0.25, -0.2) is 4.79 Å². The van der Waals surface area contributed by atoms with E-state index in [4.69, 9.17) is 21.1 Å². The second-order valence-electron chi connectivity index (χ2n) is 6.12. The summed E-state index contributed by atoms with van der Waals surface area (Å²) in [5.74, 6) is -0.585. The molecule has 0 aliphatic heterocycles. The van der Waals surface area contributed by atoms with Crippen molar-refractivity contribution in [1.82, 2.24) is 5.32 Å². The third kappa shape index (κ3) is 3.91. The molecule has 0 heterocycles. The number of halogens is 1. The summed E-state index contributed by atoms with van der Waals surface area (Å²) in [5.41, 5.74) is 0.122. The van der Waals surface area contributed by atoms with Crippen LogP contribution in [-0.2, 0) is 11.4 Å². The van der Waals surface area contributed by atoms with Crippen LogP contribution in [-0.4, -0.2) is 29.6 Å². The minimum absolute atomic E-state index is 0.313. The second-order valence-corrected chi connectivity index (χ2v) is 6.56. The van der Waals surface area contributed by atoms with Gasteiger partial charge in [0.1, 0.15) is 12.1 Å². The van der Waals surface area contributed by atoms with Crippen LogP contribution in [0, 0.1) is 0 Å². The Morgan fingerprint density at radius 2 is 1.85 bits per heavy atom. The quantitative estimate of drug-likeness (QED) is 0.775. The van der Waals surface area contributed by atoms with Gasteiger partial charge in [-0.1, -0.05) is 23.7 Å². The second kappa shape index (κ2) is 7.25. The Morgan fingerprint density at radius 3 is 2.42 bits per heavy atom. The van der Waals surface area contributed by atoms with Gasteiger partial charge in [0.2, 0.25) is 0 Å². The van der Waals surface area contributed by atoms with Crippen molar-refractivity contribution in [1.29, 1.82) is 0 Å². The molecule has 1 aliphatic rings. The third-order valence-electron chi connectivity index (χ3n) is 4.25. The Bertz CT molecular complexity index is 830. The van der Waals surface area contributed by atoms with Gasteiger partial charge in [0, 0.05) is 10.6 Å². The molecular formula is C19H18ClNO5. The van der Waals surface area contributed by atoms with Gasteiger partial charge in [0.25, 0.3) is 5.91 Å². The minimum Gasteiger partial charge on any atom is -0.493 e. The lowest BCUT2D eigenvalue weighted by molar-refractivity contribution is -0.140. The molecule has 0 atom stereocenters. The number of amides is 1. The average molecular weight is 376 g/mol. The zero-order valence-electron chi connectivity index (χ0n) is 14.1. The molecule has 0 spiro atoms. The summed E-state index contributed by atoms with van der Waals surface area (Å²) in [5, 5.41) is 12.4. The first kappa shape index (κ1) is 18.1. The molecule has 0 saturated heterocycles. The summed E-state index contributed by atoms with van der Waals surface area (Å²) < 4.78 is 11.0. The molecule has 0 bridgehead atoms. The van der Waals surface area contributed by atoms with Gasteiger partial charge < -0.3 is 19.9 Å². The molecule has 1 fully saturated rings. The van der Waals surface area contributed by atoms with E-state index in [0.717, 1.165) is 5.56 Å². The average Bonchev–Trinajstić information content (AvgIpc) is 3.42. The number of ether oxygens (including phenoxy) is 2. The monoisotopic (exact) mass is 375 g/mol. The van der Waals surface area contributed by atoms with Crippen LogP contribution >= 0.6 is 11.6 Å². The predicted molar refractivity (Wildman–Crippen MR) is 95.8 cm³/mol. The first-order valence-corrected chi connectivity index (χ1v) is 8.42. The van der Waals surface area contributed by atoms with Crippen LogP contribution in [0.15, 0.2) is 42.5 Å². The number of aliphatic carboxylic acids is 1. The van der Waals surface area contributed by atoms with E-state index < -0.39 is 17.4 Å². The highest BCUT2D eigenvalue weighted by Crippen LogP contribution is 2.36. The molecule has 1 saturated carbocycles. The third-order valence-corrected chi connectivity index (χ3v) is 4.50. The van der Waals surface area contributed by atoms with Crippen molar-refractivity contribution in [3.8, 4) is 11.5 Å². The highest BCUT2D eigenvalue weighted by Gasteiger charge is 2.51. The summed E-state index contributed by atoms with van der Waals surface area (Å²) in [6, 6.07) is 12.0. The molecule has 1 amide bonds. The molecule has 136 valence electrons. The lowest BCUT2D eigenvalue weighted by Gasteiger charge is -2.15. The molecule has 6 nitrogen and oxygen atoms in total. The van der Waals surface area contributed by atoms with E-state index in [9.17, 15) is 14.7 Å². The number of carboxylic acid groups (broad SMARTS) is 1. The van der Waals surface area contributed by atoms with E-state index in [0.29, 0.717) is 41.5 Å². The van der Waals surface area contributed by atoms with Crippen molar-refractivity contribution in [2.24, 2.45) is 0 Å². The summed E-state index contributed by atoms with van der Waals surface area (Å²) in [6.07, 6.45) is 0.876. The van der Waals surface area contributed by atoms with Gasteiger partial charge in [-0.3, -0.25) is 4.79 Å². The Morgan fingerprint density at radius 1 is 1.15 bits per heavy atom. The Kier molecular flexibility index (Phi) is 5.04. The zero-order valence-corrected chi connectivity index (χ0v) is 14.9. The largest absolute Gasteiger partial charge is 0.493 e. The number of nitrogens with one attached hydrogen (secondary N) is 1. The fraction of sp³-hybridized carbons (Fsp3) is 0.263. The van der Waals surface area contributed by atoms with E-state index >= 15 is 0 Å². The Balaban J connectivity index is 1.70. The smallest absolute Gasteiger partial charge is 0.329 e. The fourth-order valence-electron chi connectivity index (χ4n) is 2.48. The molecule has 2 N–H and O–H groups in total. The van der Waals surface area contributed by atoms with Crippen LogP contribution in [0.25, 0.3) is 0 Å². The number of methoxy groups -OCH3 is 1. The molecule has 1 aliphatic carbocycles. The van der Waals surface area contributed by atoms with Gasteiger partial charge in [-0.15, -0.1) is 0 Å². The van der Waals surface area contributed by atoms with Gasteiger partial charge in [0.05, 0.1) is 7.11 Å². The van der Waals surface area contributed by atoms with Crippen LogP contribution < -0.4 is 14.8 Å². The summed E-state index contributed by atoms with van der Waals surface area (Å²) in [7, 11) is 1.48. The first-order chi connectivity index (χ1) is 12.4. The molecule has 0 radical (unpaired) electrons. The first-order valence-electron chi connectivity index (χ1n) is 8.05.